The van der Waals surface area contributed by atoms with Gasteiger partial charge < -0.3 is 15.1 Å². The smallest absolute Gasteiger partial charge is 0.236 e. The minimum absolute atomic E-state index is 0.00542. The van der Waals surface area contributed by atoms with Crippen LogP contribution in [0.5, 0.6) is 0 Å². The van der Waals surface area contributed by atoms with Crippen LogP contribution in [0.25, 0.3) is 0 Å². The van der Waals surface area contributed by atoms with Gasteiger partial charge in [-0.25, -0.2) is 0 Å². The number of hydrogen-bond donors (Lipinski definition) is 1. The zero-order chi connectivity index (χ0) is 13.1. The third-order valence-electron chi connectivity index (χ3n) is 3.46. The Morgan fingerprint density at radius 2 is 2.22 bits per heavy atom. The molecule has 1 amide bonds. The Kier molecular flexibility index (Phi) is 4.04. The first-order chi connectivity index (χ1) is 8.61. The van der Waals surface area contributed by atoms with Crippen molar-refractivity contribution >= 4 is 5.91 Å². The summed E-state index contributed by atoms with van der Waals surface area (Å²) in [5.41, 5.74) is 5.85. The van der Waals surface area contributed by atoms with E-state index in [9.17, 15) is 4.79 Å². The summed E-state index contributed by atoms with van der Waals surface area (Å²) in [5.74, 6) is 1.88. The van der Waals surface area contributed by atoms with Gasteiger partial charge in [0.25, 0.3) is 0 Å². The lowest BCUT2D eigenvalue weighted by molar-refractivity contribution is -0.130. The highest BCUT2D eigenvalue weighted by Crippen LogP contribution is 2.23. The first-order valence-corrected chi connectivity index (χ1v) is 6.36. The molecular formula is C13H21N3O2. The number of amides is 1. The molecule has 1 saturated heterocycles. The zero-order valence-electron chi connectivity index (χ0n) is 11.1. The number of furan rings is 1. The fraction of sp³-hybridized carbons (Fsp3) is 0.615. The molecule has 1 atom stereocenters. The molecule has 0 saturated carbocycles. The van der Waals surface area contributed by atoms with E-state index in [1.54, 1.807) is 4.90 Å². The molecule has 2 N–H and O–H groups in total. The van der Waals surface area contributed by atoms with Gasteiger partial charge in [-0.05, 0) is 25.5 Å². The third-order valence-corrected chi connectivity index (χ3v) is 3.46. The van der Waals surface area contributed by atoms with Gasteiger partial charge in [-0.3, -0.25) is 9.69 Å². The lowest BCUT2D eigenvalue weighted by Gasteiger charge is -2.27. The van der Waals surface area contributed by atoms with Crippen LogP contribution in [0.15, 0.2) is 16.5 Å². The molecular weight excluding hydrogens is 230 g/mol. The fourth-order valence-corrected chi connectivity index (χ4v) is 2.35. The van der Waals surface area contributed by atoms with Gasteiger partial charge in [0.05, 0.1) is 12.6 Å². The molecule has 0 radical (unpaired) electrons. The maximum atomic E-state index is 11.9. The zero-order valence-corrected chi connectivity index (χ0v) is 11.1. The van der Waals surface area contributed by atoms with Gasteiger partial charge in [-0.1, -0.05) is 0 Å². The summed E-state index contributed by atoms with van der Waals surface area (Å²) in [6, 6.07) is 3.88. The van der Waals surface area contributed by atoms with Gasteiger partial charge >= 0.3 is 0 Å². The molecule has 0 spiro atoms. The van der Waals surface area contributed by atoms with Crippen LogP contribution in [0.3, 0.4) is 0 Å². The van der Waals surface area contributed by atoms with Crippen LogP contribution in [-0.4, -0.2) is 48.9 Å². The fourth-order valence-electron chi connectivity index (χ4n) is 2.35. The van der Waals surface area contributed by atoms with Crippen LogP contribution in [0.1, 0.15) is 24.0 Å². The molecule has 0 aromatic carbocycles. The molecule has 1 aliphatic heterocycles. The molecule has 5 heteroatoms. The average molecular weight is 251 g/mol. The normalized spacial score (nSPS) is 19.9. The quantitative estimate of drug-likeness (QED) is 0.861. The first kappa shape index (κ1) is 13.1. The standard InChI is InChI=1S/C13H21N3O2/c1-10-4-5-12(18-10)11(8-14)16-7-3-6-15(2)13(17)9-16/h4-5,11H,3,6-9,14H2,1-2H3. The Morgan fingerprint density at radius 3 is 2.83 bits per heavy atom. The van der Waals surface area contributed by atoms with E-state index in [0.717, 1.165) is 31.0 Å². The van der Waals surface area contributed by atoms with E-state index >= 15 is 0 Å². The van der Waals surface area contributed by atoms with Crippen molar-refractivity contribution in [1.29, 1.82) is 0 Å². The number of carbonyl (C=O) groups excluding carboxylic acids is 1. The Morgan fingerprint density at radius 1 is 1.44 bits per heavy atom. The SMILES string of the molecule is Cc1ccc(C(CN)N2CCCN(C)C(=O)C2)o1. The van der Waals surface area contributed by atoms with Crippen LogP contribution in [0, 0.1) is 6.92 Å². The second-order valence-electron chi connectivity index (χ2n) is 4.84. The van der Waals surface area contributed by atoms with Crippen LogP contribution >= 0.6 is 0 Å². The molecule has 1 aromatic rings. The summed E-state index contributed by atoms with van der Waals surface area (Å²) in [5, 5.41) is 0. The van der Waals surface area contributed by atoms with Crippen LogP contribution in [-0.2, 0) is 4.79 Å². The molecule has 2 rings (SSSR count). The molecule has 1 aromatic heterocycles. The van der Waals surface area contributed by atoms with E-state index < -0.39 is 0 Å². The molecule has 1 aliphatic rings. The van der Waals surface area contributed by atoms with Crippen LogP contribution < -0.4 is 5.73 Å². The third kappa shape index (κ3) is 2.73. The molecule has 5 nitrogen and oxygen atoms in total. The van der Waals surface area contributed by atoms with Crippen molar-refractivity contribution in [3.63, 3.8) is 0 Å². The Bertz CT molecular complexity index is 416. The second-order valence-corrected chi connectivity index (χ2v) is 4.84. The van der Waals surface area contributed by atoms with Crippen molar-refractivity contribution < 1.29 is 9.21 Å². The second kappa shape index (κ2) is 5.54. The predicted octanol–water partition coefficient (Wildman–Crippen LogP) is 0.752. The number of likely N-dealkylation sites (N-methyl/N-ethyl adjacent to an activating group) is 1. The first-order valence-electron chi connectivity index (χ1n) is 6.36. The maximum absolute atomic E-state index is 11.9. The van der Waals surface area contributed by atoms with Crippen molar-refractivity contribution in [3.8, 4) is 0 Å². The van der Waals surface area contributed by atoms with Crippen molar-refractivity contribution in [2.75, 3.05) is 33.2 Å². The summed E-state index contributed by atoms with van der Waals surface area (Å²) in [6.07, 6.45) is 0.971. The number of hydrogen-bond acceptors (Lipinski definition) is 4. The van der Waals surface area contributed by atoms with Crippen molar-refractivity contribution in [2.24, 2.45) is 5.73 Å². The van der Waals surface area contributed by atoms with Crippen molar-refractivity contribution in [1.82, 2.24) is 9.80 Å². The van der Waals surface area contributed by atoms with Crippen LogP contribution in [0.4, 0.5) is 0 Å². The highest BCUT2D eigenvalue weighted by atomic mass is 16.3. The Balaban J connectivity index is 2.14. The summed E-state index contributed by atoms with van der Waals surface area (Å²) in [4.78, 5) is 15.8. The summed E-state index contributed by atoms with van der Waals surface area (Å²) < 4.78 is 5.65. The molecule has 2 heterocycles. The van der Waals surface area contributed by atoms with E-state index in [1.807, 2.05) is 26.1 Å². The number of nitrogens with zero attached hydrogens (tertiary/aromatic N) is 2. The highest BCUT2D eigenvalue weighted by molar-refractivity contribution is 5.78. The van der Waals surface area contributed by atoms with E-state index in [-0.39, 0.29) is 11.9 Å². The van der Waals surface area contributed by atoms with Crippen molar-refractivity contribution in [2.45, 2.75) is 19.4 Å². The van der Waals surface area contributed by atoms with E-state index in [1.165, 1.54) is 0 Å². The number of carbonyl (C=O) groups is 1. The largest absolute Gasteiger partial charge is 0.465 e. The predicted molar refractivity (Wildman–Crippen MR) is 69.1 cm³/mol. The van der Waals surface area contributed by atoms with E-state index in [2.05, 4.69) is 4.90 Å². The summed E-state index contributed by atoms with van der Waals surface area (Å²) >= 11 is 0. The minimum atomic E-state index is -0.00542. The van der Waals surface area contributed by atoms with Gasteiger partial charge in [-0.2, -0.15) is 0 Å². The van der Waals surface area contributed by atoms with E-state index in [0.29, 0.717) is 13.1 Å². The summed E-state index contributed by atoms with van der Waals surface area (Å²) in [6.45, 7) is 4.47. The molecule has 100 valence electrons. The minimum Gasteiger partial charge on any atom is -0.465 e. The molecule has 18 heavy (non-hydrogen) atoms. The topological polar surface area (TPSA) is 62.7 Å². The molecule has 0 aliphatic carbocycles. The average Bonchev–Trinajstić information content (AvgIpc) is 2.68. The van der Waals surface area contributed by atoms with Gasteiger partial charge in [0.1, 0.15) is 11.5 Å². The van der Waals surface area contributed by atoms with Gasteiger partial charge in [-0.15, -0.1) is 0 Å². The summed E-state index contributed by atoms with van der Waals surface area (Å²) in [7, 11) is 1.85. The molecule has 1 unspecified atom stereocenters. The Labute approximate surface area is 108 Å². The van der Waals surface area contributed by atoms with Crippen LogP contribution in [0.2, 0.25) is 0 Å². The number of aryl methyl sites for hydroxylation is 1. The molecule has 0 bridgehead atoms. The lowest BCUT2D eigenvalue weighted by Crippen LogP contribution is -2.39. The monoisotopic (exact) mass is 251 g/mol. The maximum Gasteiger partial charge on any atom is 0.236 e. The number of nitrogens with two attached hydrogens (primary N) is 1. The van der Waals surface area contributed by atoms with Gasteiger partial charge in [0, 0.05) is 26.7 Å². The van der Waals surface area contributed by atoms with E-state index in [4.69, 9.17) is 10.2 Å². The van der Waals surface area contributed by atoms with Gasteiger partial charge in [0.2, 0.25) is 5.91 Å². The van der Waals surface area contributed by atoms with Gasteiger partial charge in [0.15, 0.2) is 0 Å². The highest BCUT2D eigenvalue weighted by Gasteiger charge is 2.27. The molecule has 1 fully saturated rings. The Hall–Kier alpha value is -1.33. The number of rotatable bonds is 3. The van der Waals surface area contributed by atoms with Crippen molar-refractivity contribution in [3.05, 3.63) is 23.7 Å². The lowest BCUT2D eigenvalue weighted by atomic mass is 10.2.